The van der Waals surface area contributed by atoms with Gasteiger partial charge in [-0.3, -0.25) is 4.98 Å². The highest BCUT2D eigenvalue weighted by Gasteiger charge is 2.49. The number of hydrogen-bond donors (Lipinski definition) is 1. The summed E-state index contributed by atoms with van der Waals surface area (Å²) in [5.74, 6) is -3.62. The number of carbonyl (C=O) groups is 1. The van der Waals surface area contributed by atoms with E-state index in [-0.39, 0.29) is 36.0 Å². The summed E-state index contributed by atoms with van der Waals surface area (Å²) in [5.41, 5.74) is -0.697. The van der Waals surface area contributed by atoms with E-state index in [9.17, 15) is 14.3 Å². The van der Waals surface area contributed by atoms with E-state index in [1.54, 1.807) is 40.0 Å². The molecule has 0 spiro atoms. The van der Waals surface area contributed by atoms with Gasteiger partial charge >= 0.3 is 6.09 Å². The monoisotopic (exact) mass is 621 g/mol. The van der Waals surface area contributed by atoms with Crippen molar-refractivity contribution in [1.29, 1.82) is 0 Å². The van der Waals surface area contributed by atoms with Gasteiger partial charge in [0.25, 0.3) is 5.92 Å². The van der Waals surface area contributed by atoms with Gasteiger partial charge in [-0.05, 0) is 59.2 Å². The first-order chi connectivity index (χ1) is 20.1. The molecule has 5 heterocycles. The highest BCUT2D eigenvalue weighted by molar-refractivity contribution is 6.34. The lowest BCUT2D eigenvalue weighted by Crippen LogP contribution is -2.52. The van der Waals surface area contributed by atoms with E-state index in [4.69, 9.17) is 21.1 Å². The molecule has 4 aromatic heterocycles. The van der Waals surface area contributed by atoms with Crippen LogP contribution in [0.25, 0.3) is 16.8 Å². The number of hydrogen-bond acceptors (Lipinski definition) is 8. The number of rotatable bonds is 6. The van der Waals surface area contributed by atoms with Gasteiger partial charge in [0.2, 0.25) is 0 Å². The van der Waals surface area contributed by atoms with Crippen LogP contribution in [0.15, 0.2) is 36.8 Å². The van der Waals surface area contributed by atoms with Crippen LogP contribution >= 0.6 is 11.6 Å². The second kappa shape index (κ2) is 11.0. The highest BCUT2D eigenvalue weighted by Crippen LogP contribution is 2.39. The van der Waals surface area contributed by atoms with Crippen molar-refractivity contribution >= 4 is 23.2 Å². The summed E-state index contributed by atoms with van der Waals surface area (Å²) in [6, 6.07) is 2.79. The number of carbonyl (C=O) groups excluding carboxylic acids is 1. The highest BCUT2D eigenvalue weighted by atomic mass is 35.5. The Kier molecular flexibility index (Phi) is 7.80. The fourth-order valence-corrected chi connectivity index (χ4v) is 5.11. The zero-order valence-corrected chi connectivity index (χ0v) is 24.9. The molecular weight excluding hydrogens is 591 g/mol. The lowest BCUT2D eigenvalue weighted by Gasteiger charge is -2.38. The molecule has 1 aliphatic rings. The third kappa shape index (κ3) is 6.25. The molecule has 1 fully saturated rings. The van der Waals surface area contributed by atoms with Crippen LogP contribution in [0, 0.1) is 12.7 Å². The average Bonchev–Trinajstić information content (AvgIpc) is 3.48. The maximum absolute atomic E-state index is 15.4. The van der Waals surface area contributed by atoms with Crippen molar-refractivity contribution in [2.45, 2.75) is 64.2 Å². The van der Waals surface area contributed by atoms with Gasteiger partial charge in [0, 0.05) is 18.3 Å². The molecule has 1 amide bonds. The summed E-state index contributed by atoms with van der Waals surface area (Å²) in [5, 5.41) is 23.8. The maximum Gasteiger partial charge on any atom is 0.410 e. The van der Waals surface area contributed by atoms with Crippen LogP contribution in [-0.4, -0.2) is 76.9 Å². The van der Waals surface area contributed by atoms with Crippen molar-refractivity contribution in [1.82, 2.24) is 34.5 Å². The summed E-state index contributed by atoms with van der Waals surface area (Å²) in [6.45, 7) is 7.07. The Morgan fingerprint density at radius 2 is 1.98 bits per heavy atom. The van der Waals surface area contributed by atoms with Crippen LogP contribution in [-0.2, 0) is 10.3 Å². The van der Waals surface area contributed by atoms with Crippen molar-refractivity contribution in [3.05, 3.63) is 59.0 Å². The molecule has 230 valence electrons. The number of pyridine rings is 2. The fourth-order valence-electron chi connectivity index (χ4n) is 4.89. The van der Waals surface area contributed by atoms with Gasteiger partial charge in [0.05, 0.1) is 35.3 Å². The minimum Gasteiger partial charge on any atom is -0.488 e. The van der Waals surface area contributed by atoms with E-state index in [0.717, 1.165) is 11.1 Å². The van der Waals surface area contributed by atoms with Gasteiger partial charge in [-0.1, -0.05) is 16.8 Å². The Morgan fingerprint density at radius 1 is 1.23 bits per heavy atom. The van der Waals surface area contributed by atoms with E-state index in [1.807, 2.05) is 0 Å². The minimum atomic E-state index is -3.31. The van der Waals surface area contributed by atoms with Crippen molar-refractivity contribution in [3.63, 3.8) is 0 Å². The molecule has 5 rings (SSSR count). The van der Waals surface area contributed by atoms with Gasteiger partial charge in [0.1, 0.15) is 46.6 Å². The molecule has 4 aromatic rings. The van der Waals surface area contributed by atoms with Crippen molar-refractivity contribution < 1.29 is 32.5 Å². The number of amides is 1. The first-order valence-electron chi connectivity index (χ1n) is 13.5. The lowest BCUT2D eigenvalue weighted by molar-refractivity contribution is -0.107. The van der Waals surface area contributed by atoms with Gasteiger partial charge in [-0.2, -0.15) is 5.10 Å². The van der Waals surface area contributed by atoms with Crippen molar-refractivity contribution in [2.24, 2.45) is 0 Å². The third-order valence-electron chi connectivity index (χ3n) is 7.03. The average molecular weight is 622 g/mol. The zero-order valence-electron chi connectivity index (χ0n) is 24.2. The van der Waals surface area contributed by atoms with E-state index in [0.29, 0.717) is 22.5 Å². The van der Waals surface area contributed by atoms with Gasteiger partial charge in [0.15, 0.2) is 0 Å². The van der Waals surface area contributed by atoms with Crippen LogP contribution < -0.4 is 4.74 Å². The van der Waals surface area contributed by atoms with Crippen LogP contribution in [0.2, 0.25) is 5.02 Å². The zero-order chi connectivity index (χ0) is 31.3. The number of aliphatic hydroxyl groups is 1. The first kappa shape index (κ1) is 30.5. The van der Waals surface area contributed by atoms with Gasteiger partial charge in [-0.25, -0.2) is 27.2 Å². The molecule has 1 aliphatic heterocycles. The largest absolute Gasteiger partial charge is 0.488 e. The van der Waals surface area contributed by atoms with Gasteiger partial charge in [-0.15, -0.1) is 5.10 Å². The Morgan fingerprint density at radius 3 is 2.63 bits per heavy atom. The molecule has 43 heavy (non-hydrogen) atoms. The molecule has 0 aromatic carbocycles. The number of ether oxygens (including phenoxy) is 2. The van der Waals surface area contributed by atoms with Crippen molar-refractivity contribution in [2.75, 3.05) is 19.7 Å². The summed E-state index contributed by atoms with van der Waals surface area (Å²) >= 11 is 6.37. The maximum atomic E-state index is 15.4. The predicted octanol–water partition coefficient (Wildman–Crippen LogP) is 5.19. The van der Waals surface area contributed by atoms with Gasteiger partial charge < -0.3 is 19.5 Å². The van der Waals surface area contributed by atoms with Crippen LogP contribution in [0.5, 0.6) is 5.75 Å². The number of piperidine rings is 1. The molecule has 0 bridgehead atoms. The van der Waals surface area contributed by atoms with Crippen LogP contribution in [0.3, 0.4) is 0 Å². The minimum absolute atomic E-state index is 0.0579. The number of alkyl halides is 2. The number of aromatic nitrogens is 6. The summed E-state index contributed by atoms with van der Waals surface area (Å²) in [4.78, 5) is 17.4. The molecule has 1 unspecified atom stereocenters. The smallest absolute Gasteiger partial charge is 0.410 e. The van der Waals surface area contributed by atoms with E-state index < -0.39 is 41.6 Å². The van der Waals surface area contributed by atoms with Crippen LogP contribution in [0.4, 0.5) is 18.0 Å². The Balaban J connectivity index is 1.41. The normalized spacial score (nSPS) is 18.5. The topological polar surface area (TPSA) is 120 Å². The molecule has 1 saturated heterocycles. The first-order valence-corrected chi connectivity index (χ1v) is 13.9. The predicted molar refractivity (Wildman–Crippen MR) is 150 cm³/mol. The van der Waals surface area contributed by atoms with E-state index in [2.05, 4.69) is 20.4 Å². The Hall–Kier alpha value is -3.91. The third-order valence-corrected chi connectivity index (χ3v) is 7.31. The Bertz CT molecular complexity index is 1650. The second-order valence-electron chi connectivity index (χ2n) is 11.7. The molecular formula is C28H31ClF3N7O4. The molecule has 2 atom stereocenters. The standard InChI is InChI=1S/C28H31ClF3N7O4/c1-16-23(35-36-39(16)22-8-9-37(14-28(22,31)32)25(40)43-26(2,3)4)17-10-20(24-19(29)12-34-38(24)13-17)42-15-27(5,41)21-7-6-18(30)11-33-21/h6-7,10-13,22,41H,8-9,14-15H2,1-5H3/t22-,27?/m1/s1. The molecule has 15 heteroatoms. The van der Waals surface area contributed by atoms with E-state index in [1.165, 1.54) is 34.5 Å². The molecule has 0 aliphatic carbocycles. The molecule has 1 N–H and O–H groups in total. The molecule has 11 nitrogen and oxygen atoms in total. The van der Waals surface area contributed by atoms with Crippen molar-refractivity contribution in [3.8, 4) is 17.0 Å². The SMILES string of the molecule is Cc1c(-c2cc(OCC(C)(O)c3ccc(F)cn3)c3c(Cl)cnn3c2)nnn1[C@@H]1CCN(C(=O)OC(C)(C)C)CC1(F)F. The summed E-state index contributed by atoms with van der Waals surface area (Å²) in [6.07, 6.45) is 3.15. The number of nitrogens with zero attached hydrogens (tertiary/aromatic N) is 7. The van der Waals surface area contributed by atoms with Crippen LogP contribution in [0.1, 0.15) is 51.5 Å². The molecule has 0 saturated carbocycles. The lowest BCUT2D eigenvalue weighted by atomic mass is 10.0. The summed E-state index contributed by atoms with van der Waals surface area (Å²) in [7, 11) is 0. The van der Waals surface area contributed by atoms with E-state index >= 15 is 8.78 Å². The second-order valence-corrected chi connectivity index (χ2v) is 12.1. The molecule has 0 radical (unpaired) electrons. The summed E-state index contributed by atoms with van der Waals surface area (Å²) < 4.78 is 58.0. The quantitative estimate of drug-likeness (QED) is 0.312. The number of halogens is 4. The Labute approximate surface area is 250 Å². The number of fused-ring (bicyclic) bond motifs is 1. The number of likely N-dealkylation sites (tertiary alicyclic amines) is 1. The fraction of sp³-hybridized carbons (Fsp3) is 0.464.